The highest BCUT2D eigenvalue weighted by molar-refractivity contribution is 6.30. The van der Waals surface area contributed by atoms with Crippen LogP contribution in [0.5, 0.6) is 0 Å². The molecule has 3 aromatic rings. The number of H-pyrrole nitrogens is 1. The first-order chi connectivity index (χ1) is 9.83. The van der Waals surface area contributed by atoms with Gasteiger partial charge in [0.1, 0.15) is 0 Å². The zero-order chi connectivity index (χ0) is 13.8. The number of hydrogen-bond acceptors (Lipinski definition) is 2. The minimum Gasteiger partial charge on any atom is -0.284 e. The molecule has 4 heteroatoms. The summed E-state index contributed by atoms with van der Waals surface area (Å²) in [4.78, 5) is 4.03. The fraction of sp³-hybridized carbons (Fsp3) is 0. The molecule has 2 aromatic heterocycles. The Morgan fingerprint density at radius 3 is 2.45 bits per heavy atom. The summed E-state index contributed by atoms with van der Waals surface area (Å²) in [6.07, 6.45) is 9.42. The molecule has 98 valence electrons. The fourth-order valence-electron chi connectivity index (χ4n) is 1.94. The van der Waals surface area contributed by atoms with E-state index < -0.39 is 0 Å². The van der Waals surface area contributed by atoms with E-state index in [1.807, 2.05) is 54.7 Å². The Kier molecular flexibility index (Phi) is 3.61. The van der Waals surface area contributed by atoms with Crippen LogP contribution in [0.25, 0.3) is 23.3 Å². The lowest BCUT2D eigenvalue weighted by Crippen LogP contribution is -1.80. The van der Waals surface area contributed by atoms with Crippen molar-refractivity contribution in [2.75, 3.05) is 0 Å². The molecular formula is C16H12ClN3. The van der Waals surface area contributed by atoms with Crippen molar-refractivity contribution in [2.45, 2.75) is 0 Å². The van der Waals surface area contributed by atoms with Gasteiger partial charge in [0, 0.05) is 29.2 Å². The number of hydrogen-bond donors (Lipinski definition) is 1. The van der Waals surface area contributed by atoms with Crippen LogP contribution in [0.3, 0.4) is 0 Å². The minimum absolute atomic E-state index is 0.736. The average molecular weight is 282 g/mol. The predicted molar refractivity (Wildman–Crippen MR) is 82.2 cm³/mol. The summed E-state index contributed by atoms with van der Waals surface area (Å²) in [5.41, 5.74) is 4.12. The predicted octanol–water partition coefficient (Wildman–Crippen LogP) is 4.30. The maximum Gasteiger partial charge on any atom is 0.0927 e. The largest absolute Gasteiger partial charge is 0.284 e. The molecule has 0 unspecified atom stereocenters. The quantitative estimate of drug-likeness (QED) is 0.778. The lowest BCUT2D eigenvalue weighted by molar-refractivity contribution is 1.08. The Balaban J connectivity index is 1.89. The minimum atomic E-state index is 0.736. The second kappa shape index (κ2) is 5.72. The monoisotopic (exact) mass is 281 g/mol. The first-order valence-corrected chi connectivity index (χ1v) is 6.58. The molecule has 0 fully saturated rings. The first kappa shape index (κ1) is 12.6. The fourth-order valence-corrected chi connectivity index (χ4v) is 2.07. The van der Waals surface area contributed by atoms with Crippen molar-refractivity contribution >= 4 is 23.8 Å². The van der Waals surface area contributed by atoms with Gasteiger partial charge in [-0.2, -0.15) is 5.10 Å². The molecule has 0 amide bonds. The van der Waals surface area contributed by atoms with Crippen molar-refractivity contribution in [2.24, 2.45) is 0 Å². The molecule has 0 aliphatic rings. The van der Waals surface area contributed by atoms with Gasteiger partial charge in [0.2, 0.25) is 0 Å². The highest BCUT2D eigenvalue weighted by Crippen LogP contribution is 2.22. The Bertz CT molecular complexity index is 715. The van der Waals surface area contributed by atoms with Gasteiger partial charge in [0.25, 0.3) is 0 Å². The molecule has 3 nitrogen and oxygen atoms in total. The summed E-state index contributed by atoms with van der Waals surface area (Å²) < 4.78 is 0. The average Bonchev–Trinajstić information content (AvgIpc) is 2.96. The summed E-state index contributed by atoms with van der Waals surface area (Å²) in [6.45, 7) is 0. The van der Waals surface area contributed by atoms with Crippen LogP contribution in [0.1, 0.15) is 11.3 Å². The van der Waals surface area contributed by atoms with E-state index in [1.54, 1.807) is 12.4 Å². The number of rotatable bonds is 3. The Hall–Kier alpha value is -2.39. The van der Waals surface area contributed by atoms with Crippen LogP contribution in [-0.2, 0) is 0 Å². The third kappa shape index (κ3) is 2.78. The topological polar surface area (TPSA) is 41.6 Å². The molecule has 2 heterocycles. The van der Waals surface area contributed by atoms with Crippen LogP contribution < -0.4 is 0 Å². The number of benzene rings is 1. The van der Waals surface area contributed by atoms with E-state index in [-0.39, 0.29) is 0 Å². The molecule has 20 heavy (non-hydrogen) atoms. The Labute approximate surface area is 122 Å². The molecule has 0 aliphatic heterocycles. The van der Waals surface area contributed by atoms with Crippen LogP contribution in [-0.4, -0.2) is 15.2 Å². The number of pyridine rings is 1. The normalized spacial score (nSPS) is 11.1. The van der Waals surface area contributed by atoms with Crippen LogP contribution >= 0.6 is 11.6 Å². The first-order valence-electron chi connectivity index (χ1n) is 6.21. The maximum absolute atomic E-state index is 5.87. The van der Waals surface area contributed by atoms with Gasteiger partial charge in [-0.25, -0.2) is 0 Å². The maximum atomic E-state index is 5.87. The van der Waals surface area contributed by atoms with Crippen LogP contribution in [0.2, 0.25) is 5.02 Å². The Morgan fingerprint density at radius 2 is 1.70 bits per heavy atom. The van der Waals surface area contributed by atoms with E-state index >= 15 is 0 Å². The lowest BCUT2D eigenvalue weighted by Gasteiger charge is -1.98. The summed E-state index contributed by atoms with van der Waals surface area (Å²) in [5.74, 6) is 0. The van der Waals surface area contributed by atoms with Gasteiger partial charge >= 0.3 is 0 Å². The molecule has 3 rings (SSSR count). The van der Waals surface area contributed by atoms with Gasteiger partial charge in [-0.3, -0.25) is 10.1 Å². The van der Waals surface area contributed by atoms with Crippen molar-refractivity contribution in [3.8, 4) is 11.1 Å². The lowest BCUT2D eigenvalue weighted by atomic mass is 10.1. The molecular weight excluding hydrogens is 270 g/mol. The molecule has 0 radical (unpaired) electrons. The van der Waals surface area contributed by atoms with Crippen LogP contribution in [0.4, 0.5) is 0 Å². The Morgan fingerprint density at radius 1 is 0.950 bits per heavy atom. The zero-order valence-corrected chi connectivity index (χ0v) is 11.4. The highest BCUT2D eigenvalue weighted by atomic mass is 35.5. The van der Waals surface area contributed by atoms with Gasteiger partial charge in [-0.05, 0) is 41.5 Å². The van der Waals surface area contributed by atoms with Gasteiger partial charge in [0.15, 0.2) is 0 Å². The van der Waals surface area contributed by atoms with Gasteiger partial charge in [0.05, 0.1) is 5.69 Å². The van der Waals surface area contributed by atoms with Gasteiger partial charge < -0.3 is 0 Å². The standard InChI is InChI=1S/C16H12ClN3/c17-14-4-1-12(2-5-14)3-6-16-15(11-19-20-16)13-7-9-18-10-8-13/h1-11H,(H,19,20). The third-order valence-corrected chi connectivity index (χ3v) is 3.22. The third-order valence-electron chi connectivity index (χ3n) is 2.96. The van der Waals surface area contributed by atoms with Crippen molar-refractivity contribution < 1.29 is 0 Å². The molecule has 1 aromatic carbocycles. The second-order valence-electron chi connectivity index (χ2n) is 4.30. The second-order valence-corrected chi connectivity index (χ2v) is 4.74. The van der Waals surface area contributed by atoms with Crippen LogP contribution in [0, 0.1) is 0 Å². The van der Waals surface area contributed by atoms with E-state index in [2.05, 4.69) is 15.2 Å². The summed E-state index contributed by atoms with van der Waals surface area (Å²) >= 11 is 5.87. The molecule has 0 atom stereocenters. The summed E-state index contributed by atoms with van der Waals surface area (Å²) in [5, 5.41) is 7.90. The van der Waals surface area contributed by atoms with Crippen molar-refractivity contribution in [3.63, 3.8) is 0 Å². The summed E-state index contributed by atoms with van der Waals surface area (Å²) in [6, 6.07) is 11.6. The van der Waals surface area contributed by atoms with Crippen molar-refractivity contribution in [1.29, 1.82) is 0 Å². The molecule has 0 spiro atoms. The number of nitrogens with zero attached hydrogens (tertiary/aromatic N) is 2. The van der Waals surface area contributed by atoms with E-state index in [0.29, 0.717) is 0 Å². The molecule has 0 saturated carbocycles. The summed E-state index contributed by atoms with van der Waals surface area (Å²) in [7, 11) is 0. The van der Waals surface area contributed by atoms with Gasteiger partial charge in [-0.15, -0.1) is 0 Å². The highest BCUT2D eigenvalue weighted by Gasteiger charge is 2.04. The van der Waals surface area contributed by atoms with E-state index in [1.165, 1.54) is 0 Å². The molecule has 0 bridgehead atoms. The van der Waals surface area contributed by atoms with Crippen molar-refractivity contribution in [3.05, 3.63) is 71.3 Å². The van der Waals surface area contributed by atoms with Gasteiger partial charge in [-0.1, -0.05) is 29.8 Å². The molecule has 1 N–H and O–H groups in total. The van der Waals surface area contributed by atoms with E-state index in [4.69, 9.17) is 11.6 Å². The SMILES string of the molecule is Clc1ccc(C=Cc2n[nH]cc2-c2ccncc2)cc1. The van der Waals surface area contributed by atoms with E-state index in [0.717, 1.165) is 27.4 Å². The molecule has 0 aliphatic carbocycles. The number of aromatic amines is 1. The molecule has 0 saturated heterocycles. The number of halogens is 1. The smallest absolute Gasteiger partial charge is 0.0927 e. The number of aromatic nitrogens is 3. The zero-order valence-electron chi connectivity index (χ0n) is 10.6. The van der Waals surface area contributed by atoms with Crippen molar-refractivity contribution in [1.82, 2.24) is 15.2 Å². The van der Waals surface area contributed by atoms with E-state index in [9.17, 15) is 0 Å². The number of nitrogens with one attached hydrogen (secondary N) is 1. The van der Waals surface area contributed by atoms with Crippen LogP contribution in [0.15, 0.2) is 55.0 Å².